The Hall–Kier alpha value is -1.57. The molecule has 0 aliphatic rings. The first-order valence-corrected chi connectivity index (χ1v) is 6.83. The van der Waals surface area contributed by atoms with Gasteiger partial charge < -0.3 is 5.32 Å². The molecule has 2 rings (SSSR count). The molecule has 0 radical (unpaired) electrons. The zero-order chi connectivity index (χ0) is 13.1. The van der Waals surface area contributed by atoms with Gasteiger partial charge >= 0.3 is 0 Å². The van der Waals surface area contributed by atoms with Crippen LogP contribution in [-0.4, -0.2) is 11.5 Å². The largest absolute Gasteiger partial charge is 0.385 e. The number of rotatable bonds is 4. The van der Waals surface area contributed by atoms with Crippen LogP contribution in [0.25, 0.3) is 10.9 Å². The van der Waals surface area contributed by atoms with Gasteiger partial charge in [-0.25, -0.2) is 0 Å². The van der Waals surface area contributed by atoms with Gasteiger partial charge in [-0.3, -0.25) is 4.98 Å². The molecule has 0 saturated carbocycles. The van der Waals surface area contributed by atoms with Gasteiger partial charge in [0.05, 0.1) is 5.52 Å². The summed E-state index contributed by atoms with van der Waals surface area (Å²) in [6.07, 6.45) is 1.06. The molecule has 0 aliphatic carbocycles. The molecule has 0 saturated heterocycles. The maximum Gasteiger partial charge on any atom is 0.0726 e. The highest BCUT2D eigenvalue weighted by molar-refractivity contribution is 5.92. The molecular formula is C16H22N2. The zero-order valence-electron chi connectivity index (χ0n) is 11.7. The van der Waals surface area contributed by atoms with Crippen LogP contribution in [0.15, 0.2) is 24.3 Å². The molecule has 1 N–H and O–H groups in total. The summed E-state index contributed by atoms with van der Waals surface area (Å²) >= 11 is 0. The van der Waals surface area contributed by atoms with E-state index in [0.29, 0.717) is 5.92 Å². The summed E-state index contributed by atoms with van der Waals surface area (Å²) in [5.74, 6) is 0.456. The average molecular weight is 242 g/mol. The lowest BCUT2D eigenvalue weighted by Crippen LogP contribution is -2.02. The SMILES string of the molecule is CCNc1cc(C(C)C)nc2ccc(CC)cc12. The molecule has 2 aromatic rings. The van der Waals surface area contributed by atoms with Crippen molar-refractivity contribution in [3.8, 4) is 0 Å². The van der Waals surface area contributed by atoms with Crippen LogP contribution in [0.1, 0.15) is 44.9 Å². The minimum atomic E-state index is 0.456. The van der Waals surface area contributed by atoms with E-state index in [1.165, 1.54) is 16.6 Å². The predicted molar refractivity (Wildman–Crippen MR) is 79.4 cm³/mol. The van der Waals surface area contributed by atoms with Crippen molar-refractivity contribution in [3.05, 3.63) is 35.5 Å². The summed E-state index contributed by atoms with van der Waals surface area (Å²) in [6, 6.07) is 8.76. The van der Waals surface area contributed by atoms with Crippen molar-refractivity contribution < 1.29 is 0 Å². The quantitative estimate of drug-likeness (QED) is 0.862. The third kappa shape index (κ3) is 2.47. The molecule has 1 aromatic carbocycles. The van der Waals surface area contributed by atoms with E-state index in [-0.39, 0.29) is 0 Å². The van der Waals surface area contributed by atoms with E-state index in [1.807, 2.05) is 0 Å². The number of aryl methyl sites for hydroxylation is 1. The van der Waals surface area contributed by atoms with E-state index in [9.17, 15) is 0 Å². The van der Waals surface area contributed by atoms with Crippen LogP contribution < -0.4 is 5.32 Å². The Morgan fingerprint density at radius 3 is 2.56 bits per heavy atom. The van der Waals surface area contributed by atoms with Gasteiger partial charge in [0.2, 0.25) is 0 Å². The summed E-state index contributed by atoms with van der Waals surface area (Å²) in [7, 11) is 0. The second kappa shape index (κ2) is 5.38. The van der Waals surface area contributed by atoms with Crippen molar-refractivity contribution in [3.63, 3.8) is 0 Å². The molecule has 1 aromatic heterocycles. The normalized spacial score (nSPS) is 11.2. The van der Waals surface area contributed by atoms with E-state index in [1.54, 1.807) is 0 Å². The lowest BCUT2D eigenvalue weighted by molar-refractivity contribution is 0.830. The van der Waals surface area contributed by atoms with Crippen LogP contribution in [0, 0.1) is 0 Å². The maximum atomic E-state index is 4.75. The van der Waals surface area contributed by atoms with Crippen molar-refractivity contribution in [1.29, 1.82) is 0 Å². The summed E-state index contributed by atoms with van der Waals surface area (Å²) in [4.78, 5) is 4.75. The van der Waals surface area contributed by atoms with Crippen LogP contribution in [0.2, 0.25) is 0 Å². The fourth-order valence-electron chi connectivity index (χ4n) is 2.15. The van der Waals surface area contributed by atoms with Gasteiger partial charge in [-0.05, 0) is 43.0 Å². The molecule has 0 unspecified atom stereocenters. The second-order valence-corrected chi connectivity index (χ2v) is 4.98. The van der Waals surface area contributed by atoms with Crippen LogP contribution in [0.3, 0.4) is 0 Å². The summed E-state index contributed by atoms with van der Waals surface area (Å²) in [5, 5.41) is 4.69. The summed E-state index contributed by atoms with van der Waals surface area (Å²) in [6.45, 7) is 9.62. The van der Waals surface area contributed by atoms with E-state index in [0.717, 1.165) is 24.2 Å². The zero-order valence-corrected chi connectivity index (χ0v) is 11.7. The lowest BCUT2D eigenvalue weighted by Gasteiger charge is -2.13. The van der Waals surface area contributed by atoms with E-state index in [4.69, 9.17) is 4.98 Å². The number of benzene rings is 1. The van der Waals surface area contributed by atoms with E-state index >= 15 is 0 Å². The Bertz CT molecular complexity index is 544. The van der Waals surface area contributed by atoms with Gasteiger partial charge in [-0.15, -0.1) is 0 Å². The number of fused-ring (bicyclic) bond motifs is 1. The van der Waals surface area contributed by atoms with E-state index < -0.39 is 0 Å². The van der Waals surface area contributed by atoms with Gasteiger partial charge in [-0.1, -0.05) is 26.8 Å². The molecule has 0 bridgehead atoms. The molecule has 0 fully saturated rings. The van der Waals surface area contributed by atoms with Crippen molar-refractivity contribution in [2.75, 3.05) is 11.9 Å². The first-order valence-electron chi connectivity index (χ1n) is 6.83. The highest BCUT2D eigenvalue weighted by Gasteiger charge is 2.08. The van der Waals surface area contributed by atoms with Crippen molar-refractivity contribution in [2.45, 2.75) is 40.0 Å². The summed E-state index contributed by atoms with van der Waals surface area (Å²) < 4.78 is 0. The summed E-state index contributed by atoms with van der Waals surface area (Å²) in [5.41, 5.74) is 4.82. The Labute approximate surface area is 109 Å². The van der Waals surface area contributed by atoms with E-state index in [2.05, 4.69) is 57.3 Å². The Kier molecular flexibility index (Phi) is 3.85. The first kappa shape index (κ1) is 12.9. The van der Waals surface area contributed by atoms with Crippen LogP contribution in [0.5, 0.6) is 0 Å². The minimum absolute atomic E-state index is 0.456. The van der Waals surface area contributed by atoms with Gasteiger partial charge in [0, 0.05) is 23.3 Å². The number of pyridine rings is 1. The number of anilines is 1. The van der Waals surface area contributed by atoms with Crippen molar-refractivity contribution >= 4 is 16.6 Å². The van der Waals surface area contributed by atoms with Crippen molar-refractivity contribution in [2.24, 2.45) is 0 Å². The van der Waals surface area contributed by atoms with Crippen LogP contribution in [0.4, 0.5) is 5.69 Å². The van der Waals surface area contributed by atoms with Gasteiger partial charge in [-0.2, -0.15) is 0 Å². The molecule has 0 atom stereocenters. The fraction of sp³-hybridized carbons (Fsp3) is 0.438. The highest BCUT2D eigenvalue weighted by Crippen LogP contribution is 2.27. The molecule has 18 heavy (non-hydrogen) atoms. The Morgan fingerprint density at radius 2 is 1.94 bits per heavy atom. The molecule has 0 amide bonds. The number of aromatic nitrogens is 1. The molecule has 2 nitrogen and oxygen atoms in total. The third-order valence-electron chi connectivity index (χ3n) is 3.26. The molecule has 96 valence electrons. The minimum Gasteiger partial charge on any atom is -0.385 e. The number of hydrogen-bond acceptors (Lipinski definition) is 2. The second-order valence-electron chi connectivity index (χ2n) is 4.98. The molecule has 2 heteroatoms. The van der Waals surface area contributed by atoms with Crippen LogP contribution >= 0.6 is 0 Å². The predicted octanol–water partition coefficient (Wildman–Crippen LogP) is 4.35. The number of nitrogens with one attached hydrogen (secondary N) is 1. The Balaban J connectivity index is 2.64. The molecule has 0 aliphatic heterocycles. The lowest BCUT2D eigenvalue weighted by atomic mass is 10.0. The third-order valence-corrected chi connectivity index (χ3v) is 3.26. The molecule has 1 heterocycles. The molecule has 0 spiro atoms. The van der Waals surface area contributed by atoms with Gasteiger partial charge in [0.1, 0.15) is 0 Å². The fourth-order valence-corrected chi connectivity index (χ4v) is 2.15. The Morgan fingerprint density at radius 1 is 1.17 bits per heavy atom. The number of nitrogens with zero attached hydrogens (tertiary/aromatic N) is 1. The van der Waals surface area contributed by atoms with Crippen molar-refractivity contribution in [1.82, 2.24) is 4.98 Å². The van der Waals surface area contributed by atoms with Crippen LogP contribution in [-0.2, 0) is 6.42 Å². The van der Waals surface area contributed by atoms with Gasteiger partial charge in [0.25, 0.3) is 0 Å². The molecular weight excluding hydrogens is 220 g/mol. The van der Waals surface area contributed by atoms with Gasteiger partial charge in [0.15, 0.2) is 0 Å². The number of hydrogen-bond donors (Lipinski definition) is 1. The average Bonchev–Trinajstić information content (AvgIpc) is 2.38. The topological polar surface area (TPSA) is 24.9 Å². The monoisotopic (exact) mass is 242 g/mol. The standard InChI is InChI=1S/C16H22N2/c1-5-12-7-8-14-13(9-12)16(17-6-2)10-15(18-14)11(3)4/h7-11H,5-6H2,1-4H3,(H,17,18). The smallest absolute Gasteiger partial charge is 0.0726 e. The maximum absolute atomic E-state index is 4.75. The highest BCUT2D eigenvalue weighted by atomic mass is 14.9. The first-order chi connectivity index (χ1) is 8.65.